The topological polar surface area (TPSA) is 90.8 Å². The Morgan fingerprint density at radius 2 is 1.74 bits per heavy atom. The van der Waals surface area contributed by atoms with E-state index in [2.05, 4.69) is 4.98 Å². The number of carbonyl (C=O) groups is 1. The average molecular weight is 498 g/mol. The van der Waals surface area contributed by atoms with Crippen LogP contribution in [0.15, 0.2) is 42.6 Å². The van der Waals surface area contributed by atoms with Gasteiger partial charge in [-0.25, -0.2) is 13.4 Å². The fourth-order valence-corrected chi connectivity index (χ4v) is 7.97. The first-order valence-corrected chi connectivity index (χ1v) is 12.4. The Morgan fingerprint density at radius 1 is 1.12 bits per heavy atom. The van der Waals surface area contributed by atoms with E-state index in [9.17, 15) is 31.5 Å². The lowest BCUT2D eigenvalue weighted by Gasteiger charge is -2.46. The van der Waals surface area contributed by atoms with Gasteiger partial charge in [-0.15, -0.1) is 0 Å². The number of halogens is 3. The lowest BCUT2D eigenvalue weighted by molar-refractivity contribution is -0.143. The van der Waals surface area contributed by atoms with Crippen molar-refractivity contribution < 1.29 is 31.5 Å². The Bertz CT molecular complexity index is 1190. The molecule has 34 heavy (non-hydrogen) atoms. The molecule has 0 spiro atoms. The van der Waals surface area contributed by atoms with Gasteiger partial charge in [0.1, 0.15) is 11.2 Å². The van der Waals surface area contributed by atoms with Crippen molar-refractivity contribution in [2.75, 3.05) is 18.0 Å². The molecule has 2 heterocycles. The molecule has 2 unspecified atom stereocenters. The van der Waals surface area contributed by atoms with Crippen LogP contribution in [0.25, 0.3) is 0 Å². The molecular weight excluding hydrogens is 471 g/mol. The van der Waals surface area contributed by atoms with Crippen LogP contribution < -0.4 is 4.90 Å². The largest absolute Gasteiger partial charge is 0.481 e. The van der Waals surface area contributed by atoms with Gasteiger partial charge in [-0.1, -0.05) is 24.3 Å². The summed E-state index contributed by atoms with van der Waals surface area (Å²) in [4.78, 5) is 18.0. The third kappa shape index (κ3) is 3.84. The molecule has 1 aromatic carbocycles. The van der Waals surface area contributed by atoms with Crippen LogP contribution >= 0.6 is 0 Å². The number of hydrogen-bond acceptors (Lipinski definition) is 5. The maximum Gasteiger partial charge on any atom is 0.417 e. The summed E-state index contributed by atoms with van der Waals surface area (Å²) in [5.74, 6) is -0.869. The zero-order valence-electron chi connectivity index (χ0n) is 19.0. The number of sulfonamides is 1. The Hall–Kier alpha value is -2.66. The number of benzene rings is 1. The Balaban J connectivity index is 1.61. The minimum Gasteiger partial charge on any atom is -0.481 e. The number of fused-ring (bicyclic) bond motifs is 1. The first kappa shape index (κ1) is 24.5. The van der Waals surface area contributed by atoms with E-state index in [4.69, 9.17) is 0 Å². The van der Waals surface area contributed by atoms with Gasteiger partial charge in [0.05, 0.1) is 10.8 Å². The zero-order valence-corrected chi connectivity index (χ0v) is 19.8. The van der Waals surface area contributed by atoms with Gasteiger partial charge in [0.25, 0.3) is 0 Å². The minimum absolute atomic E-state index is 0.0986. The number of piperazine rings is 1. The van der Waals surface area contributed by atoms with E-state index in [0.717, 1.165) is 12.3 Å². The summed E-state index contributed by atoms with van der Waals surface area (Å²) in [6.45, 7) is 5.31. The fraction of sp³-hybridized carbons (Fsp3) is 0.478. The summed E-state index contributed by atoms with van der Waals surface area (Å²) in [7, 11) is -4.06. The predicted octanol–water partition coefficient (Wildman–Crippen LogP) is 3.30. The molecular formula is C23H26F3N3O4S. The standard InChI is InChI=1S/C23H26F3N3O4S/c1-14-12-28(20-9-8-17(11-27-20)23(24,25)26)13-15(2)29(14)34(32,33)19-10-16-6-4-5-7-18(16)22(19,3)21(30)31/h4-9,11,14-15,19H,10,12-13H2,1-3H3,(H,30,31)/t14-,15+,19?,22?. The third-order valence-electron chi connectivity index (χ3n) is 6.96. The molecule has 0 amide bonds. The quantitative estimate of drug-likeness (QED) is 0.697. The highest BCUT2D eigenvalue weighted by Gasteiger charge is 2.57. The normalized spacial score (nSPS) is 28.1. The maximum absolute atomic E-state index is 13.9. The van der Waals surface area contributed by atoms with Crippen LogP contribution in [0.5, 0.6) is 0 Å². The highest BCUT2D eigenvalue weighted by atomic mass is 32.2. The van der Waals surface area contributed by atoms with Gasteiger partial charge in [0.2, 0.25) is 10.0 Å². The second-order valence-corrected chi connectivity index (χ2v) is 11.3. The maximum atomic E-state index is 13.9. The van der Waals surface area contributed by atoms with E-state index in [1.807, 2.05) is 0 Å². The fourth-order valence-electron chi connectivity index (χ4n) is 5.32. The van der Waals surface area contributed by atoms with Crippen LogP contribution in [0, 0.1) is 0 Å². The Kier molecular flexibility index (Phi) is 5.92. The molecule has 11 heteroatoms. The van der Waals surface area contributed by atoms with Crippen molar-refractivity contribution in [3.8, 4) is 0 Å². The van der Waals surface area contributed by atoms with Gasteiger partial charge in [0, 0.05) is 31.4 Å². The Morgan fingerprint density at radius 3 is 2.26 bits per heavy atom. The van der Waals surface area contributed by atoms with Crippen molar-refractivity contribution >= 4 is 21.8 Å². The first-order valence-electron chi connectivity index (χ1n) is 10.9. The first-order chi connectivity index (χ1) is 15.8. The van der Waals surface area contributed by atoms with E-state index in [-0.39, 0.29) is 19.5 Å². The van der Waals surface area contributed by atoms with Crippen molar-refractivity contribution in [3.05, 3.63) is 59.3 Å². The third-order valence-corrected chi connectivity index (χ3v) is 9.63. The molecule has 2 aliphatic rings. The molecule has 1 saturated heterocycles. The van der Waals surface area contributed by atoms with Crippen LogP contribution in [-0.4, -0.2) is 59.2 Å². The molecule has 4 rings (SSSR count). The lowest BCUT2D eigenvalue weighted by Crippen LogP contribution is -2.62. The molecule has 184 valence electrons. The number of alkyl halides is 3. The van der Waals surface area contributed by atoms with Crippen molar-refractivity contribution in [1.82, 2.24) is 9.29 Å². The van der Waals surface area contributed by atoms with Crippen molar-refractivity contribution in [2.24, 2.45) is 0 Å². The van der Waals surface area contributed by atoms with E-state index in [0.29, 0.717) is 16.9 Å². The number of aliphatic carboxylic acids is 1. The van der Waals surface area contributed by atoms with Gasteiger partial charge in [-0.3, -0.25) is 4.79 Å². The van der Waals surface area contributed by atoms with Gasteiger partial charge in [-0.05, 0) is 50.5 Å². The van der Waals surface area contributed by atoms with Gasteiger partial charge in [0.15, 0.2) is 0 Å². The molecule has 1 N–H and O–H groups in total. The molecule has 1 aliphatic carbocycles. The number of pyridine rings is 1. The number of anilines is 1. The number of carboxylic acids is 1. The van der Waals surface area contributed by atoms with E-state index in [1.54, 1.807) is 43.0 Å². The van der Waals surface area contributed by atoms with Gasteiger partial charge in [-0.2, -0.15) is 17.5 Å². The molecule has 0 radical (unpaired) electrons. The molecule has 1 aliphatic heterocycles. The molecule has 0 saturated carbocycles. The number of rotatable bonds is 4. The smallest absolute Gasteiger partial charge is 0.417 e. The molecule has 1 fully saturated rings. The second-order valence-electron chi connectivity index (χ2n) is 9.24. The summed E-state index contributed by atoms with van der Waals surface area (Å²) in [5, 5.41) is 8.90. The molecule has 7 nitrogen and oxygen atoms in total. The summed E-state index contributed by atoms with van der Waals surface area (Å²) in [6, 6.07) is 8.04. The highest BCUT2D eigenvalue weighted by molar-refractivity contribution is 7.89. The summed E-state index contributed by atoms with van der Waals surface area (Å²) in [5.41, 5.74) is -1.24. The lowest BCUT2D eigenvalue weighted by atomic mass is 9.84. The SMILES string of the molecule is C[C@@H]1CN(c2ccc(C(F)(F)F)cn2)C[C@H](C)N1S(=O)(=O)C1Cc2ccccc2C1(C)C(=O)O. The van der Waals surface area contributed by atoms with Crippen molar-refractivity contribution in [3.63, 3.8) is 0 Å². The molecule has 4 atom stereocenters. The molecule has 0 bridgehead atoms. The summed E-state index contributed by atoms with van der Waals surface area (Å²) in [6.07, 6.45) is -3.63. The van der Waals surface area contributed by atoms with Crippen LogP contribution in [-0.2, 0) is 32.8 Å². The number of aromatic nitrogens is 1. The van der Waals surface area contributed by atoms with E-state index >= 15 is 0 Å². The predicted molar refractivity (Wildman–Crippen MR) is 120 cm³/mol. The average Bonchev–Trinajstić information content (AvgIpc) is 3.07. The summed E-state index contributed by atoms with van der Waals surface area (Å²) < 4.78 is 67.8. The van der Waals surface area contributed by atoms with Gasteiger partial charge < -0.3 is 10.0 Å². The number of nitrogens with zero attached hydrogens (tertiary/aromatic N) is 3. The number of hydrogen-bond donors (Lipinski definition) is 1. The van der Waals surface area contributed by atoms with Crippen molar-refractivity contribution in [2.45, 2.75) is 56.1 Å². The van der Waals surface area contributed by atoms with E-state index < -0.39 is 50.5 Å². The van der Waals surface area contributed by atoms with Crippen LogP contribution in [0.2, 0.25) is 0 Å². The Labute approximate surface area is 196 Å². The van der Waals surface area contributed by atoms with Crippen LogP contribution in [0.4, 0.5) is 19.0 Å². The molecule has 1 aromatic heterocycles. The number of carboxylic acid groups (broad SMARTS) is 1. The highest BCUT2D eigenvalue weighted by Crippen LogP contribution is 2.44. The second kappa shape index (κ2) is 8.23. The molecule has 2 aromatic rings. The summed E-state index contributed by atoms with van der Waals surface area (Å²) >= 11 is 0. The van der Waals surface area contributed by atoms with Crippen LogP contribution in [0.3, 0.4) is 0 Å². The monoisotopic (exact) mass is 497 g/mol. The zero-order chi connectivity index (χ0) is 25.1. The van der Waals surface area contributed by atoms with Crippen molar-refractivity contribution in [1.29, 1.82) is 0 Å². The van der Waals surface area contributed by atoms with E-state index in [1.165, 1.54) is 17.3 Å². The van der Waals surface area contributed by atoms with Gasteiger partial charge >= 0.3 is 12.1 Å². The minimum atomic E-state index is -4.49. The van der Waals surface area contributed by atoms with Crippen LogP contribution in [0.1, 0.15) is 37.5 Å².